The predicted octanol–water partition coefficient (Wildman–Crippen LogP) is 11.3. The van der Waals surface area contributed by atoms with Crippen LogP contribution in [0.1, 0.15) is 11.1 Å². The van der Waals surface area contributed by atoms with Gasteiger partial charge in [0.05, 0.1) is 0 Å². The fourth-order valence-corrected chi connectivity index (χ4v) is 6.70. The van der Waals surface area contributed by atoms with E-state index in [0.717, 1.165) is 11.1 Å². The quantitative estimate of drug-likeness (QED) is 0.199. The lowest BCUT2D eigenvalue weighted by molar-refractivity contribution is 1.48. The average molecular weight is 535 g/mol. The summed E-state index contributed by atoms with van der Waals surface area (Å²) in [6.07, 6.45) is 11.0. The van der Waals surface area contributed by atoms with Gasteiger partial charge in [0.15, 0.2) is 0 Å². The van der Waals surface area contributed by atoms with Crippen LogP contribution in [-0.4, -0.2) is 18.8 Å². The number of fused-ring (bicyclic) bond motifs is 2. The van der Waals surface area contributed by atoms with E-state index < -0.39 is 10.0 Å². The van der Waals surface area contributed by atoms with Gasteiger partial charge in [-0.1, -0.05) is 122 Å². The van der Waals surface area contributed by atoms with E-state index in [1.165, 1.54) is 59.8 Å². The van der Waals surface area contributed by atoms with Gasteiger partial charge >= 0.3 is 0 Å². The fraction of sp³-hybridized carbons (Fsp3) is 0.0769. The lowest BCUT2D eigenvalue weighted by Crippen LogP contribution is -1.96. The van der Waals surface area contributed by atoms with Crippen molar-refractivity contribution < 1.29 is 0 Å². The van der Waals surface area contributed by atoms with Crippen molar-refractivity contribution in [1.29, 1.82) is 0 Å². The Kier molecular flexibility index (Phi) is 6.70. The normalized spacial score (nSPS) is 12.0. The number of benzene rings is 6. The van der Waals surface area contributed by atoms with Crippen LogP contribution >= 0.6 is 10.0 Å². The molecule has 196 valence electrons. The molecule has 0 nitrogen and oxygen atoms in total. The van der Waals surface area contributed by atoms with Crippen LogP contribution in [0.25, 0.3) is 67.1 Å². The van der Waals surface area contributed by atoms with Crippen LogP contribution < -0.4 is 0 Å². The first-order valence-electron chi connectivity index (χ1n) is 13.6. The minimum atomic E-state index is -0.779. The molecule has 6 aromatic rings. The van der Waals surface area contributed by atoms with Crippen LogP contribution in [0, 0.1) is 0 Å². The van der Waals surface area contributed by atoms with Crippen molar-refractivity contribution in [2.24, 2.45) is 0 Å². The first-order valence-corrected chi connectivity index (χ1v) is 16.5. The molecule has 0 unspecified atom stereocenters. The highest BCUT2D eigenvalue weighted by Gasteiger charge is 2.19. The molecule has 6 rings (SSSR count). The first-order chi connectivity index (χ1) is 19.4. The van der Waals surface area contributed by atoms with E-state index in [0.29, 0.717) is 0 Å². The summed E-state index contributed by atoms with van der Waals surface area (Å²) in [5.74, 6) is 0. The van der Waals surface area contributed by atoms with Gasteiger partial charge in [-0.15, -0.1) is 0 Å². The highest BCUT2D eigenvalue weighted by molar-refractivity contribution is 8.32. The molecule has 0 radical (unpaired) electrons. The third-order valence-corrected chi connectivity index (χ3v) is 9.46. The molecule has 0 heterocycles. The molecule has 0 amide bonds. The Bertz CT molecular complexity index is 1880. The zero-order valence-electron chi connectivity index (χ0n) is 23.4. The van der Waals surface area contributed by atoms with E-state index in [4.69, 9.17) is 0 Å². The molecular weight excluding hydrogens is 500 g/mol. The molecule has 0 saturated carbocycles. The number of hydrogen-bond acceptors (Lipinski definition) is 0. The first kappa shape index (κ1) is 25.9. The smallest absolute Gasteiger partial charge is 0.00264 e. The van der Waals surface area contributed by atoms with E-state index in [9.17, 15) is 0 Å². The van der Waals surface area contributed by atoms with Gasteiger partial charge in [0.1, 0.15) is 0 Å². The average Bonchev–Trinajstić information content (AvgIpc) is 2.99. The molecule has 1 heteroatoms. The van der Waals surface area contributed by atoms with E-state index in [1.807, 2.05) is 12.2 Å². The highest BCUT2D eigenvalue weighted by atomic mass is 32.3. The standard InChI is InChI=1S/C39H34S/c1-6-34-35(7-2)39(32-22-21-31-26-33(40(3,4)5)24-23-30(31)25-32)37-16-12-11-15-36(37)38(34)29-19-17-28(18-20-29)27-13-9-8-10-14-27/h6-26H,1-2H2,3-5H3. The molecule has 0 spiro atoms. The predicted molar refractivity (Wildman–Crippen MR) is 182 cm³/mol. The zero-order chi connectivity index (χ0) is 27.9. The highest BCUT2D eigenvalue weighted by Crippen LogP contribution is 2.47. The summed E-state index contributed by atoms with van der Waals surface area (Å²) in [6.45, 7) is 8.55. The van der Waals surface area contributed by atoms with Crippen molar-refractivity contribution in [3.05, 3.63) is 140 Å². The van der Waals surface area contributed by atoms with E-state index >= 15 is 0 Å². The summed E-state index contributed by atoms with van der Waals surface area (Å²) < 4.78 is 0. The van der Waals surface area contributed by atoms with Crippen molar-refractivity contribution in [3.63, 3.8) is 0 Å². The lowest BCUT2D eigenvalue weighted by Gasteiger charge is -2.26. The monoisotopic (exact) mass is 534 g/mol. The van der Waals surface area contributed by atoms with Crippen molar-refractivity contribution in [2.45, 2.75) is 4.90 Å². The Morgan fingerprint density at radius 3 is 1.55 bits per heavy atom. The van der Waals surface area contributed by atoms with Gasteiger partial charge in [-0.3, -0.25) is 0 Å². The zero-order valence-corrected chi connectivity index (χ0v) is 24.3. The summed E-state index contributed by atoms with van der Waals surface area (Å²) in [7, 11) is -0.779. The van der Waals surface area contributed by atoms with Crippen molar-refractivity contribution in [1.82, 2.24) is 0 Å². The minimum Gasteiger partial charge on any atom is -0.223 e. The SMILES string of the molecule is C=Cc1c(C=C)c(-c2ccc3cc(S(C)(C)C)ccc3c2)c2ccccc2c1-c1ccc(-c2ccccc2)cc1. The van der Waals surface area contributed by atoms with Crippen molar-refractivity contribution in [3.8, 4) is 33.4 Å². The molecule has 0 aliphatic carbocycles. The topological polar surface area (TPSA) is 0 Å². The van der Waals surface area contributed by atoms with Gasteiger partial charge in [0, 0.05) is 0 Å². The maximum Gasteiger partial charge on any atom is -0.00264 e. The number of hydrogen-bond donors (Lipinski definition) is 0. The van der Waals surface area contributed by atoms with Crippen LogP contribution in [0.15, 0.2) is 133 Å². The fourth-order valence-electron chi connectivity index (χ4n) is 5.74. The van der Waals surface area contributed by atoms with Crippen LogP contribution in [0.5, 0.6) is 0 Å². The van der Waals surface area contributed by atoms with E-state index in [1.54, 1.807) is 0 Å². The van der Waals surface area contributed by atoms with Gasteiger partial charge in [-0.25, -0.2) is 10.0 Å². The summed E-state index contributed by atoms with van der Waals surface area (Å²) in [5.41, 5.74) is 9.44. The molecule has 0 aromatic heterocycles. The Morgan fingerprint density at radius 1 is 0.475 bits per heavy atom. The minimum absolute atomic E-state index is 0.779. The second-order valence-electron chi connectivity index (χ2n) is 11.0. The van der Waals surface area contributed by atoms with Gasteiger partial charge in [0.2, 0.25) is 0 Å². The van der Waals surface area contributed by atoms with Crippen LogP contribution in [0.3, 0.4) is 0 Å². The molecule has 0 fully saturated rings. The largest absolute Gasteiger partial charge is 0.223 e. The van der Waals surface area contributed by atoms with Gasteiger partial charge < -0.3 is 0 Å². The second kappa shape index (κ2) is 10.3. The summed E-state index contributed by atoms with van der Waals surface area (Å²) >= 11 is 0. The van der Waals surface area contributed by atoms with Gasteiger partial charge in [-0.2, -0.15) is 0 Å². The van der Waals surface area contributed by atoms with Gasteiger partial charge in [-0.05, 0) is 108 Å². The maximum absolute atomic E-state index is 4.28. The molecule has 0 aliphatic rings. The Morgan fingerprint density at radius 2 is 0.950 bits per heavy atom. The summed E-state index contributed by atoms with van der Waals surface area (Å²) in [5, 5.41) is 4.98. The summed E-state index contributed by atoms with van der Waals surface area (Å²) in [4.78, 5) is 1.43. The third-order valence-electron chi connectivity index (χ3n) is 7.79. The maximum atomic E-state index is 4.28. The molecule has 0 saturated heterocycles. The molecule has 40 heavy (non-hydrogen) atoms. The van der Waals surface area contributed by atoms with E-state index in [-0.39, 0.29) is 0 Å². The van der Waals surface area contributed by atoms with Crippen molar-refractivity contribution in [2.75, 3.05) is 18.8 Å². The third kappa shape index (κ3) is 4.57. The Hall–Kier alpha value is -4.33. The molecule has 0 aliphatic heterocycles. The van der Waals surface area contributed by atoms with Crippen LogP contribution in [0.4, 0.5) is 0 Å². The van der Waals surface area contributed by atoms with E-state index in [2.05, 4.69) is 147 Å². The molecule has 0 N–H and O–H groups in total. The molecule has 0 bridgehead atoms. The second-order valence-corrected chi connectivity index (χ2v) is 15.2. The molecular formula is C39H34S. The Labute approximate surface area is 239 Å². The van der Waals surface area contributed by atoms with Gasteiger partial charge in [0.25, 0.3) is 0 Å². The molecule has 0 atom stereocenters. The van der Waals surface area contributed by atoms with Crippen LogP contribution in [-0.2, 0) is 0 Å². The molecule has 6 aromatic carbocycles. The summed E-state index contributed by atoms with van der Waals surface area (Å²) in [6, 6.07) is 41.9. The Balaban J connectivity index is 1.57. The lowest BCUT2D eigenvalue weighted by atomic mass is 9.83. The van der Waals surface area contributed by atoms with Crippen LogP contribution in [0.2, 0.25) is 0 Å². The number of rotatable bonds is 6. The van der Waals surface area contributed by atoms with Crippen molar-refractivity contribution >= 4 is 43.7 Å².